The van der Waals surface area contributed by atoms with E-state index in [0.29, 0.717) is 11.8 Å². The summed E-state index contributed by atoms with van der Waals surface area (Å²) in [5.74, 6) is 0.632. The Kier molecular flexibility index (Phi) is 7.61. The first kappa shape index (κ1) is 19.3. The van der Waals surface area contributed by atoms with Crippen LogP contribution in [0.15, 0.2) is 0 Å². The molecule has 0 aromatic heterocycles. The van der Waals surface area contributed by atoms with Crippen molar-refractivity contribution in [2.75, 3.05) is 0 Å². The molecule has 0 aromatic carbocycles. The van der Waals surface area contributed by atoms with E-state index in [9.17, 15) is 4.79 Å². The number of hydrogen-bond donors (Lipinski definition) is 0. The molecule has 0 aliphatic rings. The molecule has 0 bridgehead atoms. The van der Waals surface area contributed by atoms with Gasteiger partial charge in [-0.2, -0.15) is 0 Å². The van der Waals surface area contributed by atoms with Crippen LogP contribution in [0.4, 0.5) is 4.79 Å². The molecule has 3 heteroatoms. The maximum Gasteiger partial charge on any atom is 0.509 e. The summed E-state index contributed by atoms with van der Waals surface area (Å²) in [5, 5.41) is 0. The SMILES string of the molecule is CCCC(C)C(C)(C)OC(=O)OC(C)(C)C(C)CCC. The first-order valence-electron chi connectivity index (χ1n) is 7.98. The lowest BCUT2D eigenvalue weighted by atomic mass is 9.88. The molecular weight excluding hydrogens is 252 g/mol. The van der Waals surface area contributed by atoms with Crippen molar-refractivity contribution in [1.29, 1.82) is 0 Å². The quantitative estimate of drug-likeness (QED) is 0.547. The standard InChI is InChI=1S/C17H34O3/c1-9-11-13(3)16(5,6)19-15(18)20-17(7,8)14(4)12-10-2/h13-14H,9-12H2,1-8H3. The Bertz CT molecular complexity index is 267. The molecule has 0 aliphatic carbocycles. The minimum Gasteiger partial charge on any atom is -0.428 e. The van der Waals surface area contributed by atoms with Crippen molar-refractivity contribution in [2.24, 2.45) is 11.8 Å². The van der Waals surface area contributed by atoms with Crippen molar-refractivity contribution >= 4 is 6.16 Å². The molecule has 0 amide bonds. The molecule has 0 saturated heterocycles. The maximum atomic E-state index is 12.0. The van der Waals surface area contributed by atoms with Gasteiger partial charge in [-0.1, -0.05) is 40.5 Å². The Morgan fingerprint density at radius 2 is 1.15 bits per heavy atom. The Hall–Kier alpha value is -0.730. The molecule has 2 unspecified atom stereocenters. The summed E-state index contributed by atoms with van der Waals surface area (Å²) in [6.07, 6.45) is 3.70. The van der Waals surface area contributed by atoms with E-state index in [1.807, 2.05) is 27.7 Å². The average Bonchev–Trinajstić information content (AvgIpc) is 2.27. The zero-order valence-corrected chi connectivity index (χ0v) is 14.7. The van der Waals surface area contributed by atoms with Crippen LogP contribution in [0, 0.1) is 11.8 Å². The predicted molar refractivity (Wildman–Crippen MR) is 83.9 cm³/mol. The number of ether oxygens (including phenoxy) is 2. The highest BCUT2D eigenvalue weighted by molar-refractivity contribution is 5.61. The number of carbonyl (C=O) groups excluding carboxylic acids is 1. The zero-order valence-electron chi connectivity index (χ0n) is 14.7. The Morgan fingerprint density at radius 3 is 1.40 bits per heavy atom. The second kappa shape index (κ2) is 7.90. The minimum atomic E-state index is -0.550. The first-order valence-corrected chi connectivity index (χ1v) is 7.98. The van der Waals surface area contributed by atoms with Gasteiger partial charge in [0.15, 0.2) is 0 Å². The lowest BCUT2D eigenvalue weighted by Gasteiger charge is -2.35. The Balaban J connectivity index is 4.55. The summed E-state index contributed by atoms with van der Waals surface area (Å²) in [6.45, 7) is 16.3. The van der Waals surface area contributed by atoms with Crippen LogP contribution in [-0.2, 0) is 9.47 Å². The lowest BCUT2D eigenvalue weighted by Crippen LogP contribution is -2.40. The molecule has 20 heavy (non-hydrogen) atoms. The van der Waals surface area contributed by atoms with Crippen LogP contribution >= 0.6 is 0 Å². The van der Waals surface area contributed by atoms with Crippen molar-refractivity contribution in [2.45, 2.75) is 92.3 Å². The van der Waals surface area contributed by atoms with Gasteiger partial charge < -0.3 is 9.47 Å². The fourth-order valence-electron chi connectivity index (χ4n) is 2.21. The summed E-state index contributed by atoms with van der Waals surface area (Å²) in [4.78, 5) is 12.0. The highest BCUT2D eigenvalue weighted by Crippen LogP contribution is 2.29. The normalized spacial score (nSPS) is 15.6. The third kappa shape index (κ3) is 6.15. The monoisotopic (exact) mass is 286 g/mol. The van der Waals surface area contributed by atoms with E-state index in [1.54, 1.807) is 0 Å². The topological polar surface area (TPSA) is 35.5 Å². The first-order chi connectivity index (χ1) is 9.06. The molecule has 3 nitrogen and oxygen atoms in total. The number of hydrogen-bond acceptors (Lipinski definition) is 3. The van der Waals surface area contributed by atoms with Crippen molar-refractivity contribution in [1.82, 2.24) is 0 Å². The van der Waals surface area contributed by atoms with Gasteiger partial charge in [0.05, 0.1) is 0 Å². The van der Waals surface area contributed by atoms with Crippen molar-refractivity contribution in [3.05, 3.63) is 0 Å². The fraction of sp³-hybridized carbons (Fsp3) is 0.941. The van der Waals surface area contributed by atoms with Gasteiger partial charge >= 0.3 is 6.16 Å². The third-order valence-electron chi connectivity index (χ3n) is 4.51. The van der Waals surface area contributed by atoms with Gasteiger partial charge in [0, 0.05) is 0 Å². The fourth-order valence-corrected chi connectivity index (χ4v) is 2.21. The van der Waals surface area contributed by atoms with Crippen molar-refractivity contribution in [3.63, 3.8) is 0 Å². The summed E-state index contributed by atoms with van der Waals surface area (Å²) in [7, 11) is 0. The van der Waals surface area contributed by atoms with Gasteiger partial charge in [-0.05, 0) is 52.4 Å². The van der Waals surface area contributed by atoms with Gasteiger partial charge in [0.25, 0.3) is 0 Å². The highest BCUT2D eigenvalue weighted by Gasteiger charge is 2.35. The second-order valence-electron chi connectivity index (χ2n) is 7.04. The van der Waals surface area contributed by atoms with E-state index < -0.39 is 17.4 Å². The Morgan fingerprint density at radius 1 is 0.850 bits per heavy atom. The molecule has 0 aliphatic heterocycles. The molecule has 120 valence electrons. The summed E-state index contributed by atoms with van der Waals surface area (Å²) < 4.78 is 11.1. The molecule has 0 saturated carbocycles. The lowest BCUT2D eigenvalue weighted by molar-refractivity contribution is -0.0915. The molecule has 0 spiro atoms. The molecule has 0 N–H and O–H groups in total. The van der Waals surface area contributed by atoms with Crippen LogP contribution in [0.5, 0.6) is 0 Å². The van der Waals surface area contributed by atoms with Crippen molar-refractivity contribution < 1.29 is 14.3 Å². The summed E-state index contributed by atoms with van der Waals surface area (Å²) in [5.41, 5.74) is -0.978. The van der Waals surface area contributed by atoms with Gasteiger partial charge in [-0.3, -0.25) is 0 Å². The van der Waals surface area contributed by atoms with Gasteiger partial charge in [0.1, 0.15) is 11.2 Å². The van der Waals surface area contributed by atoms with Crippen LogP contribution in [0.2, 0.25) is 0 Å². The van der Waals surface area contributed by atoms with Crippen LogP contribution < -0.4 is 0 Å². The number of rotatable bonds is 8. The molecule has 2 atom stereocenters. The Labute approximate surface area is 125 Å². The average molecular weight is 286 g/mol. The van der Waals surface area contributed by atoms with E-state index >= 15 is 0 Å². The molecule has 0 rings (SSSR count). The second-order valence-corrected chi connectivity index (χ2v) is 7.04. The molecule has 0 aromatic rings. The zero-order chi connectivity index (χ0) is 16.0. The van der Waals surface area contributed by atoms with Crippen LogP contribution in [0.1, 0.15) is 81.1 Å². The van der Waals surface area contributed by atoms with E-state index in [0.717, 1.165) is 25.7 Å². The van der Waals surface area contributed by atoms with Gasteiger partial charge in [0.2, 0.25) is 0 Å². The van der Waals surface area contributed by atoms with E-state index in [2.05, 4.69) is 27.7 Å². The third-order valence-corrected chi connectivity index (χ3v) is 4.51. The van der Waals surface area contributed by atoms with Gasteiger partial charge in [-0.15, -0.1) is 0 Å². The van der Waals surface area contributed by atoms with E-state index in [1.165, 1.54) is 0 Å². The van der Waals surface area contributed by atoms with Gasteiger partial charge in [-0.25, -0.2) is 4.79 Å². The molecule has 0 heterocycles. The number of carbonyl (C=O) groups is 1. The van der Waals surface area contributed by atoms with Crippen LogP contribution in [0.25, 0.3) is 0 Å². The maximum absolute atomic E-state index is 12.0. The molecular formula is C17H34O3. The van der Waals surface area contributed by atoms with Crippen LogP contribution in [0.3, 0.4) is 0 Å². The smallest absolute Gasteiger partial charge is 0.428 e. The molecule has 0 fully saturated rings. The van der Waals surface area contributed by atoms with Crippen LogP contribution in [-0.4, -0.2) is 17.4 Å². The van der Waals surface area contributed by atoms with E-state index in [-0.39, 0.29) is 0 Å². The molecule has 0 radical (unpaired) electrons. The summed E-state index contributed by atoms with van der Waals surface area (Å²) in [6, 6.07) is 0. The van der Waals surface area contributed by atoms with E-state index in [4.69, 9.17) is 9.47 Å². The predicted octanol–water partition coefficient (Wildman–Crippen LogP) is 5.57. The largest absolute Gasteiger partial charge is 0.509 e. The summed E-state index contributed by atoms with van der Waals surface area (Å²) >= 11 is 0. The minimum absolute atomic E-state index is 0.316. The highest BCUT2D eigenvalue weighted by atomic mass is 16.7. The van der Waals surface area contributed by atoms with Crippen molar-refractivity contribution in [3.8, 4) is 0 Å².